The molecule has 0 spiro atoms. The van der Waals surface area contributed by atoms with Gasteiger partial charge >= 0.3 is 0 Å². The zero-order valence-electron chi connectivity index (χ0n) is 7.85. The lowest BCUT2D eigenvalue weighted by molar-refractivity contribution is 0.577. The van der Waals surface area contributed by atoms with Crippen molar-refractivity contribution >= 4 is 10.0 Å². The normalized spacial score (nSPS) is 12.4. The first-order chi connectivity index (χ1) is 5.82. The third-order valence-electron chi connectivity index (χ3n) is 1.74. The molecule has 0 saturated carbocycles. The lowest BCUT2D eigenvalue weighted by Gasteiger charge is -1.96. The fourth-order valence-corrected chi connectivity index (χ4v) is 1.71. The Morgan fingerprint density at radius 3 is 2.31 bits per heavy atom. The summed E-state index contributed by atoms with van der Waals surface area (Å²) in [7, 11) is -2.08. The molecule has 1 aromatic heterocycles. The summed E-state index contributed by atoms with van der Waals surface area (Å²) in [4.78, 5) is 0. The number of aryl methyl sites for hydroxylation is 1. The summed E-state index contributed by atoms with van der Waals surface area (Å²) >= 11 is 0. The largest absolute Gasteiger partial charge is 0.256 e. The second-order valence-electron chi connectivity index (χ2n) is 3.23. The molecular weight excluding hydrogens is 190 g/mol. The highest BCUT2D eigenvalue weighted by Gasteiger charge is 2.16. The maximum atomic E-state index is 11.0. The van der Waals surface area contributed by atoms with Gasteiger partial charge in [-0.2, -0.15) is 5.10 Å². The van der Waals surface area contributed by atoms with Gasteiger partial charge in [0.25, 0.3) is 10.0 Å². The van der Waals surface area contributed by atoms with E-state index in [1.165, 1.54) is 10.7 Å². The van der Waals surface area contributed by atoms with Crippen LogP contribution in [0.4, 0.5) is 0 Å². The van der Waals surface area contributed by atoms with Crippen molar-refractivity contribution in [3.8, 4) is 0 Å². The molecule has 0 aliphatic carbocycles. The van der Waals surface area contributed by atoms with Gasteiger partial charge in [0.2, 0.25) is 0 Å². The molecule has 1 heterocycles. The van der Waals surface area contributed by atoms with E-state index in [0.717, 1.165) is 5.69 Å². The first-order valence-corrected chi connectivity index (χ1v) is 5.43. The van der Waals surface area contributed by atoms with Crippen molar-refractivity contribution in [3.63, 3.8) is 0 Å². The molecule has 0 amide bonds. The molecule has 6 heteroatoms. The van der Waals surface area contributed by atoms with Gasteiger partial charge in [-0.1, -0.05) is 13.8 Å². The fraction of sp³-hybridized carbons (Fsp3) is 0.571. The lowest BCUT2D eigenvalue weighted by atomic mass is 10.1. The van der Waals surface area contributed by atoms with Gasteiger partial charge in [-0.15, -0.1) is 0 Å². The Balaban J connectivity index is 3.27. The van der Waals surface area contributed by atoms with Crippen molar-refractivity contribution in [2.24, 2.45) is 12.2 Å². The van der Waals surface area contributed by atoms with E-state index in [1.807, 2.05) is 13.8 Å². The summed E-state index contributed by atoms with van der Waals surface area (Å²) < 4.78 is 23.3. The Labute approximate surface area is 77.6 Å². The van der Waals surface area contributed by atoms with Gasteiger partial charge in [0.1, 0.15) is 0 Å². The van der Waals surface area contributed by atoms with Crippen LogP contribution >= 0.6 is 0 Å². The van der Waals surface area contributed by atoms with Gasteiger partial charge in [0, 0.05) is 13.1 Å². The van der Waals surface area contributed by atoms with Crippen molar-refractivity contribution < 1.29 is 8.42 Å². The summed E-state index contributed by atoms with van der Waals surface area (Å²) in [6.45, 7) is 3.88. The number of nitrogens with two attached hydrogens (primary N) is 1. The Bertz CT molecular complexity index is 405. The maximum Gasteiger partial charge on any atom is 0.255 e. The number of aromatic nitrogens is 2. The number of nitrogens with zero attached hydrogens (tertiary/aromatic N) is 2. The highest BCUT2D eigenvalue weighted by Crippen LogP contribution is 2.15. The van der Waals surface area contributed by atoms with E-state index < -0.39 is 10.0 Å². The first kappa shape index (κ1) is 10.2. The number of hydrogen-bond donors (Lipinski definition) is 1. The van der Waals surface area contributed by atoms with Crippen LogP contribution in [0.15, 0.2) is 11.1 Å². The van der Waals surface area contributed by atoms with E-state index in [9.17, 15) is 8.42 Å². The van der Waals surface area contributed by atoms with Gasteiger partial charge in [0.15, 0.2) is 5.03 Å². The van der Waals surface area contributed by atoms with E-state index in [2.05, 4.69) is 5.10 Å². The minimum absolute atomic E-state index is 0.0520. The van der Waals surface area contributed by atoms with Crippen LogP contribution in [-0.4, -0.2) is 18.2 Å². The molecule has 0 saturated heterocycles. The molecule has 74 valence electrons. The molecule has 0 radical (unpaired) electrons. The second-order valence-corrected chi connectivity index (χ2v) is 4.74. The predicted octanol–water partition coefficient (Wildman–Crippen LogP) is 0.191. The predicted molar refractivity (Wildman–Crippen MR) is 48.7 cm³/mol. The highest BCUT2D eigenvalue weighted by molar-refractivity contribution is 7.89. The molecule has 0 aliphatic rings. The molecule has 1 aromatic rings. The van der Waals surface area contributed by atoms with Gasteiger partial charge in [0.05, 0.1) is 5.69 Å². The van der Waals surface area contributed by atoms with Crippen molar-refractivity contribution in [2.45, 2.75) is 24.8 Å². The first-order valence-electron chi connectivity index (χ1n) is 3.89. The SMILES string of the molecule is CC(C)c1cc(S(N)(=O)=O)n(C)n1. The Morgan fingerprint density at radius 1 is 1.54 bits per heavy atom. The van der Waals surface area contributed by atoms with Gasteiger partial charge in [-0.3, -0.25) is 4.68 Å². The van der Waals surface area contributed by atoms with Crippen molar-refractivity contribution in [3.05, 3.63) is 11.8 Å². The monoisotopic (exact) mass is 203 g/mol. The summed E-state index contributed by atoms with van der Waals surface area (Å²) in [6.07, 6.45) is 0. The number of primary sulfonamides is 1. The molecular formula is C7H13N3O2S. The molecule has 2 N–H and O–H groups in total. The average Bonchev–Trinajstić information content (AvgIpc) is 2.29. The zero-order chi connectivity index (χ0) is 10.2. The zero-order valence-corrected chi connectivity index (χ0v) is 8.67. The standard InChI is InChI=1S/C7H13N3O2S/c1-5(2)6-4-7(10(3)9-6)13(8,11)12/h4-5H,1-3H3,(H2,8,11,12). The molecule has 5 nitrogen and oxygen atoms in total. The van der Waals surface area contributed by atoms with Crippen molar-refractivity contribution in [1.29, 1.82) is 0 Å². The summed E-state index contributed by atoms with van der Waals surface area (Å²) in [6, 6.07) is 1.50. The smallest absolute Gasteiger partial charge is 0.255 e. The van der Waals surface area contributed by atoms with Crippen molar-refractivity contribution in [1.82, 2.24) is 9.78 Å². The van der Waals surface area contributed by atoms with Crippen LogP contribution in [0.2, 0.25) is 0 Å². The summed E-state index contributed by atoms with van der Waals surface area (Å²) in [5, 5.41) is 9.07. The minimum Gasteiger partial charge on any atom is -0.256 e. The molecule has 0 bridgehead atoms. The quantitative estimate of drug-likeness (QED) is 0.745. The van der Waals surface area contributed by atoms with Gasteiger partial charge < -0.3 is 0 Å². The molecule has 0 unspecified atom stereocenters. The van der Waals surface area contributed by atoms with E-state index in [4.69, 9.17) is 5.14 Å². The van der Waals surface area contributed by atoms with Crippen LogP contribution < -0.4 is 5.14 Å². The molecule has 0 aromatic carbocycles. The van der Waals surface area contributed by atoms with Crippen LogP contribution in [0.1, 0.15) is 25.5 Å². The number of hydrogen-bond acceptors (Lipinski definition) is 3. The second kappa shape index (κ2) is 3.12. The number of sulfonamides is 1. The Morgan fingerprint density at radius 2 is 2.08 bits per heavy atom. The van der Waals surface area contributed by atoms with E-state index in [0.29, 0.717) is 0 Å². The van der Waals surface area contributed by atoms with E-state index >= 15 is 0 Å². The maximum absolute atomic E-state index is 11.0. The van der Waals surface area contributed by atoms with Crippen LogP contribution in [0.3, 0.4) is 0 Å². The highest BCUT2D eigenvalue weighted by atomic mass is 32.2. The van der Waals surface area contributed by atoms with Gasteiger partial charge in [-0.25, -0.2) is 13.6 Å². The topological polar surface area (TPSA) is 78.0 Å². The third kappa shape index (κ3) is 2.07. The van der Waals surface area contributed by atoms with Crippen molar-refractivity contribution in [2.75, 3.05) is 0 Å². The Kier molecular flexibility index (Phi) is 2.44. The summed E-state index contributed by atoms with van der Waals surface area (Å²) in [5.74, 6) is 0.196. The van der Waals surface area contributed by atoms with Crippen LogP contribution in [0.25, 0.3) is 0 Å². The molecule has 1 rings (SSSR count). The van der Waals surface area contributed by atoms with E-state index in [1.54, 1.807) is 7.05 Å². The molecule has 0 atom stereocenters. The molecule has 0 aliphatic heterocycles. The Hall–Kier alpha value is -0.880. The van der Waals surface area contributed by atoms with Crippen LogP contribution in [0, 0.1) is 0 Å². The summed E-state index contributed by atoms with van der Waals surface area (Å²) in [5.41, 5.74) is 0.728. The lowest BCUT2D eigenvalue weighted by Crippen LogP contribution is -2.16. The molecule has 0 fully saturated rings. The van der Waals surface area contributed by atoms with Crippen LogP contribution in [0.5, 0.6) is 0 Å². The van der Waals surface area contributed by atoms with Gasteiger partial charge in [-0.05, 0) is 5.92 Å². The van der Waals surface area contributed by atoms with Crippen LogP contribution in [-0.2, 0) is 17.1 Å². The average molecular weight is 203 g/mol. The van der Waals surface area contributed by atoms with E-state index in [-0.39, 0.29) is 10.9 Å². The molecule has 13 heavy (non-hydrogen) atoms. The fourth-order valence-electron chi connectivity index (χ4n) is 1.02. The number of rotatable bonds is 2. The minimum atomic E-state index is -3.65. The third-order valence-corrected chi connectivity index (χ3v) is 2.70.